The van der Waals surface area contributed by atoms with Gasteiger partial charge in [-0.1, -0.05) is 12.1 Å². The van der Waals surface area contributed by atoms with Crippen LogP contribution in [0, 0.1) is 5.82 Å². The highest BCUT2D eigenvalue weighted by Crippen LogP contribution is 2.25. The Morgan fingerprint density at radius 1 is 1.11 bits per heavy atom. The number of benzene rings is 2. The molecule has 2 aromatic rings. The third kappa shape index (κ3) is 5.33. The number of rotatable bonds is 3. The number of amides is 2. The summed E-state index contributed by atoms with van der Waals surface area (Å²) in [5.74, 6) is -0.731. The largest absolute Gasteiger partial charge is 0.573 e. The van der Waals surface area contributed by atoms with E-state index in [1.54, 1.807) is 12.1 Å². The lowest BCUT2D eigenvalue weighted by Gasteiger charge is -2.33. The van der Waals surface area contributed by atoms with Gasteiger partial charge in [-0.2, -0.15) is 0 Å². The van der Waals surface area contributed by atoms with E-state index in [0.29, 0.717) is 18.8 Å². The van der Waals surface area contributed by atoms with Crippen molar-refractivity contribution in [2.45, 2.75) is 12.5 Å². The first-order valence-electron chi connectivity index (χ1n) is 8.09. The molecule has 27 heavy (non-hydrogen) atoms. The first-order chi connectivity index (χ1) is 12.8. The summed E-state index contributed by atoms with van der Waals surface area (Å²) < 4.78 is 58.9. The number of alkyl halides is 3. The number of nitrogens with one attached hydrogen (secondary N) is 1. The number of ether oxygens (including phenoxy) is 2. The molecule has 1 atom stereocenters. The molecule has 0 aliphatic carbocycles. The van der Waals surface area contributed by atoms with Crippen LogP contribution in [-0.2, 0) is 4.74 Å². The zero-order chi connectivity index (χ0) is 19.4. The molecule has 0 aromatic heterocycles. The minimum Gasteiger partial charge on any atom is -0.406 e. The zero-order valence-electron chi connectivity index (χ0n) is 14.0. The molecule has 1 saturated heterocycles. The summed E-state index contributed by atoms with van der Waals surface area (Å²) in [6, 6.07) is 10.3. The predicted octanol–water partition coefficient (Wildman–Crippen LogP) is 4.33. The number of carbonyl (C=O) groups excluding carboxylic acids is 1. The van der Waals surface area contributed by atoms with Crippen LogP contribution >= 0.6 is 0 Å². The second kappa shape index (κ2) is 7.83. The summed E-state index contributed by atoms with van der Waals surface area (Å²) >= 11 is 0. The van der Waals surface area contributed by atoms with Crippen LogP contribution in [0.2, 0.25) is 0 Å². The van der Waals surface area contributed by atoms with E-state index in [2.05, 4.69) is 10.1 Å². The van der Waals surface area contributed by atoms with Gasteiger partial charge in [-0.3, -0.25) is 0 Å². The van der Waals surface area contributed by atoms with Crippen LogP contribution < -0.4 is 10.1 Å². The summed E-state index contributed by atoms with van der Waals surface area (Å²) in [6.07, 6.45) is -5.15. The maximum absolute atomic E-state index is 13.0. The second-order valence-corrected chi connectivity index (χ2v) is 5.86. The molecule has 3 rings (SSSR count). The number of hydrogen-bond acceptors (Lipinski definition) is 3. The molecule has 1 heterocycles. The van der Waals surface area contributed by atoms with Crippen molar-refractivity contribution >= 4 is 11.7 Å². The summed E-state index contributed by atoms with van der Waals surface area (Å²) in [5.41, 5.74) is 1.09. The highest BCUT2D eigenvalue weighted by molar-refractivity contribution is 5.89. The van der Waals surface area contributed by atoms with E-state index < -0.39 is 12.4 Å². The number of halogens is 4. The first kappa shape index (κ1) is 19.0. The molecular formula is C18H16F4N2O3. The van der Waals surface area contributed by atoms with Crippen LogP contribution in [0.5, 0.6) is 5.75 Å². The van der Waals surface area contributed by atoms with E-state index in [4.69, 9.17) is 4.74 Å². The van der Waals surface area contributed by atoms with Crippen LogP contribution in [0.3, 0.4) is 0 Å². The molecule has 2 amide bonds. The Morgan fingerprint density at radius 3 is 2.41 bits per heavy atom. The molecule has 0 bridgehead atoms. The van der Waals surface area contributed by atoms with Crippen molar-refractivity contribution in [3.8, 4) is 5.75 Å². The van der Waals surface area contributed by atoms with Crippen LogP contribution in [0.15, 0.2) is 48.5 Å². The van der Waals surface area contributed by atoms with Gasteiger partial charge in [0.15, 0.2) is 0 Å². The molecule has 1 N–H and O–H groups in total. The number of urea groups is 1. The Kier molecular flexibility index (Phi) is 5.50. The van der Waals surface area contributed by atoms with E-state index in [1.807, 2.05) is 0 Å². The number of carbonyl (C=O) groups is 1. The van der Waals surface area contributed by atoms with Gasteiger partial charge in [0, 0.05) is 12.2 Å². The third-order valence-corrected chi connectivity index (χ3v) is 3.93. The van der Waals surface area contributed by atoms with Gasteiger partial charge in [0.25, 0.3) is 0 Å². The third-order valence-electron chi connectivity index (χ3n) is 3.93. The molecule has 0 saturated carbocycles. The van der Waals surface area contributed by atoms with Gasteiger partial charge in [-0.15, -0.1) is 13.2 Å². The van der Waals surface area contributed by atoms with Crippen molar-refractivity contribution in [2.75, 3.05) is 25.0 Å². The van der Waals surface area contributed by atoms with Crippen molar-refractivity contribution in [3.05, 3.63) is 59.9 Å². The first-order valence-corrected chi connectivity index (χ1v) is 8.09. The summed E-state index contributed by atoms with van der Waals surface area (Å²) in [6.45, 7) is 0.944. The Hall–Kier alpha value is -2.81. The maximum atomic E-state index is 13.0. The monoisotopic (exact) mass is 384 g/mol. The highest BCUT2D eigenvalue weighted by atomic mass is 19.4. The van der Waals surface area contributed by atoms with E-state index in [0.717, 1.165) is 17.7 Å². The molecular weight excluding hydrogens is 368 g/mol. The molecule has 9 heteroatoms. The van der Waals surface area contributed by atoms with Gasteiger partial charge in [0.2, 0.25) is 0 Å². The quantitative estimate of drug-likeness (QED) is 0.802. The fraction of sp³-hybridized carbons (Fsp3) is 0.278. The molecule has 5 nitrogen and oxygen atoms in total. The molecule has 2 aromatic carbocycles. The van der Waals surface area contributed by atoms with E-state index in [9.17, 15) is 22.4 Å². The molecule has 144 valence electrons. The summed E-state index contributed by atoms with van der Waals surface area (Å²) in [4.78, 5) is 13.9. The lowest BCUT2D eigenvalue weighted by molar-refractivity contribution is -0.274. The normalized spacial score (nSPS) is 17.5. The Labute approximate surface area is 152 Å². The van der Waals surface area contributed by atoms with Crippen LogP contribution in [0.25, 0.3) is 0 Å². The minimum atomic E-state index is -4.77. The van der Waals surface area contributed by atoms with Crippen LogP contribution in [0.1, 0.15) is 11.7 Å². The SMILES string of the molecule is O=C(Nc1ccc(OC(F)(F)F)cc1)N1CCOC(c2ccc(F)cc2)C1. The standard InChI is InChI=1S/C18H16F4N2O3/c19-13-3-1-12(2-4-13)16-11-24(9-10-26-16)17(25)23-14-5-7-15(8-6-14)27-18(20,21)22/h1-8,16H,9-11H2,(H,23,25). The van der Waals surface area contributed by atoms with Gasteiger partial charge in [0.1, 0.15) is 17.7 Å². The second-order valence-electron chi connectivity index (χ2n) is 5.86. The van der Waals surface area contributed by atoms with E-state index >= 15 is 0 Å². The van der Waals surface area contributed by atoms with Crippen molar-refractivity contribution in [1.29, 1.82) is 0 Å². The zero-order valence-corrected chi connectivity index (χ0v) is 14.0. The number of nitrogens with zero attached hydrogens (tertiary/aromatic N) is 1. The Bertz CT molecular complexity index is 779. The minimum absolute atomic E-state index is 0.271. The maximum Gasteiger partial charge on any atom is 0.573 e. The molecule has 1 unspecified atom stereocenters. The number of hydrogen-bond donors (Lipinski definition) is 1. The average molecular weight is 384 g/mol. The van der Waals surface area contributed by atoms with Gasteiger partial charge < -0.3 is 19.7 Å². The number of morpholine rings is 1. The van der Waals surface area contributed by atoms with Crippen molar-refractivity contribution in [1.82, 2.24) is 4.90 Å². The smallest absolute Gasteiger partial charge is 0.406 e. The predicted molar refractivity (Wildman–Crippen MR) is 88.8 cm³/mol. The topological polar surface area (TPSA) is 50.8 Å². The fourth-order valence-corrected chi connectivity index (χ4v) is 2.66. The van der Waals surface area contributed by atoms with Gasteiger partial charge >= 0.3 is 12.4 Å². The van der Waals surface area contributed by atoms with Gasteiger partial charge in [-0.05, 0) is 42.0 Å². The Balaban J connectivity index is 1.59. The fourth-order valence-electron chi connectivity index (χ4n) is 2.66. The molecule has 1 aliphatic rings. The van der Waals surface area contributed by atoms with Gasteiger partial charge in [-0.25, -0.2) is 9.18 Å². The molecule has 0 spiro atoms. The average Bonchev–Trinajstić information content (AvgIpc) is 2.63. The van der Waals surface area contributed by atoms with E-state index in [-0.39, 0.29) is 24.2 Å². The molecule has 0 radical (unpaired) electrons. The lowest BCUT2D eigenvalue weighted by Crippen LogP contribution is -2.44. The molecule has 1 aliphatic heterocycles. The van der Waals surface area contributed by atoms with Crippen LogP contribution in [-0.4, -0.2) is 37.0 Å². The van der Waals surface area contributed by atoms with Crippen LogP contribution in [0.4, 0.5) is 28.0 Å². The summed E-state index contributed by atoms with van der Waals surface area (Å²) in [5, 5.41) is 2.62. The van der Waals surface area contributed by atoms with Crippen molar-refractivity contribution in [2.24, 2.45) is 0 Å². The lowest BCUT2D eigenvalue weighted by atomic mass is 10.1. The summed E-state index contributed by atoms with van der Waals surface area (Å²) in [7, 11) is 0. The van der Waals surface area contributed by atoms with Crippen molar-refractivity contribution < 1.29 is 31.8 Å². The number of anilines is 1. The highest BCUT2D eigenvalue weighted by Gasteiger charge is 2.31. The Morgan fingerprint density at radius 2 is 1.78 bits per heavy atom. The molecule has 1 fully saturated rings. The van der Waals surface area contributed by atoms with Crippen molar-refractivity contribution in [3.63, 3.8) is 0 Å². The van der Waals surface area contributed by atoms with E-state index in [1.165, 1.54) is 29.2 Å². The van der Waals surface area contributed by atoms with Gasteiger partial charge in [0.05, 0.1) is 13.2 Å².